The van der Waals surface area contributed by atoms with Crippen LogP contribution in [0.1, 0.15) is 45.5 Å². The van der Waals surface area contributed by atoms with Gasteiger partial charge in [-0.25, -0.2) is 9.97 Å². The Balaban J connectivity index is 1.71. The number of alkyl halides is 3. The van der Waals surface area contributed by atoms with Gasteiger partial charge in [-0.3, -0.25) is 9.59 Å². The molecule has 0 aliphatic carbocycles. The van der Waals surface area contributed by atoms with Crippen LogP contribution in [0.5, 0.6) is 0 Å². The largest absolute Gasteiger partial charge is 0.416 e. The molecule has 2 aromatic rings. The lowest BCUT2D eigenvalue weighted by Crippen LogP contribution is -2.37. The number of piperidine rings is 1. The standard InChI is InChI=1S/C20H22F3N5O2/c21-20(22,23)16-8-14(18(29)26-4-7-28-5-2-1-3-6-28)9-17(10-16)27-19(30)15-11-24-13-25-12-15/h8-13H,1-7H2,(H,26,29)(H,27,30). The summed E-state index contributed by atoms with van der Waals surface area (Å²) in [5.41, 5.74) is -1.25. The highest BCUT2D eigenvalue weighted by Crippen LogP contribution is 2.32. The van der Waals surface area contributed by atoms with Crippen molar-refractivity contribution in [3.05, 3.63) is 53.6 Å². The zero-order valence-corrected chi connectivity index (χ0v) is 16.2. The monoisotopic (exact) mass is 421 g/mol. The summed E-state index contributed by atoms with van der Waals surface area (Å²) in [4.78, 5) is 34.3. The smallest absolute Gasteiger partial charge is 0.351 e. The summed E-state index contributed by atoms with van der Waals surface area (Å²) in [6.07, 6.45) is 2.45. The van der Waals surface area contributed by atoms with Gasteiger partial charge in [0.2, 0.25) is 0 Å². The number of hydrogen-bond donors (Lipinski definition) is 2. The number of anilines is 1. The van der Waals surface area contributed by atoms with E-state index in [-0.39, 0.29) is 16.8 Å². The number of likely N-dealkylation sites (tertiary alicyclic amines) is 1. The van der Waals surface area contributed by atoms with Gasteiger partial charge >= 0.3 is 6.18 Å². The summed E-state index contributed by atoms with van der Waals surface area (Å²) in [7, 11) is 0. The van der Waals surface area contributed by atoms with Crippen LogP contribution in [0.4, 0.5) is 18.9 Å². The van der Waals surface area contributed by atoms with Crippen LogP contribution >= 0.6 is 0 Å². The van der Waals surface area contributed by atoms with Crippen molar-refractivity contribution >= 4 is 17.5 Å². The van der Waals surface area contributed by atoms with Gasteiger partial charge in [0.25, 0.3) is 11.8 Å². The first-order valence-electron chi connectivity index (χ1n) is 9.62. The van der Waals surface area contributed by atoms with Crippen molar-refractivity contribution in [3.8, 4) is 0 Å². The van der Waals surface area contributed by atoms with Gasteiger partial charge in [-0.2, -0.15) is 13.2 Å². The van der Waals surface area contributed by atoms with Gasteiger partial charge in [0.05, 0.1) is 11.1 Å². The molecule has 1 aliphatic heterocycles. The number of nitrogens with one attached hydrogen (secondary N) is 2. The highest BCUT2D eigenvalue weighted by molar-refractivity contribution is 6.04. The Kier molecular flexibility index (Phi) is 6.99. The molecule has 0 saturated carbocycles. The number of nitrogens with zero attached hydrogens (tertiary/aromatic N) is 3. The van der Waals surface area contributed by atoms with Crippen molar-refractivity contribution in [2.24, 2.45) is 0 Å². The van der Waals surface area contributed by atoms with E-state index in [0.29, 0.717) is 13.1 Å². The Morgan fingerprint density at radius 1 is 0.967 bits per heavy atom. The molecular weight excluding hydrogens is 399 g/mol. The number of amides is 2. The Labute approximate surface area is 171 Å². The number of benzene rings is 1. The Morgan fingerprint density at radius 2 is 1.67 bits per heavy atom. The average Bonchev–Trinajstić information content (AvgIpc) is 2.74. The summed E-state index contributed by atoms with van der Waals surface area (Å²) >= 11 is 0. The predicted octanol–water partition coefficient (Wildman–Crippen LogP) is 2.96. The zero-order chi connectivity index (χ0) is 21.6. The molecule has 1 aliphatic rings. The maximum atomic E-state index is 13.3. The number of hydrogen-bond acceptors (Lipinski definition) is 5. The fourth-order valence-corrected chi connectivity index (χ4v) is 3.23. The molecule has 0 spiro atoms. The van der Waals surface area contributed by atoms with E-state index in [1.165, 1.54) is 31.2 Å². The van der Waals surface area contributed by atoms with Gasteiger partial charge in [0, 0.05) is 36.7 Å². The molecule has 3 rings (SSSR count). The van der Waals surface area contributed by atoms with E-state index in [0.717, 1.165) is 38.1 Å². The van der Waals surface area contributed by atoms with E-state index in [4.69, 9.17) is 0 Å². The van der Waals surface area contributed by atoms with E-state index in [9.17, 15) is 22.8 Å². The molecule has 160 valence electrons. The minimum absolute atomic E-state index is 0.0856. The molecule has 7 nitrogen and oxygen atoms in total. The number of carbonyl (C=O) groups is 2. The second-order valence-corrected chi connectivity index (χ2v) is 7.04. The molecule has 0 unspecified atom stereocenters. The van der Waals surface area contributed by atoms with Crippen molar-refractivity contribution in [2.45, 2.75) is 25.4 Å². The van der Waals surface area contributed by atoms with Gasteiger partial charge in [-0.1, -0.05) is 6.42 Å². The molecule has 0 atom stereocenters. The number of halogens is 3. The molecule has 1 aromatic carbocycles. The van der Waals surface area contributed by atoms with E-state index in [1.807, 2.05) is 0 Å². The summed E-state index contributed by atoms with van der Waals surface area (Å²) < 4.78 is 39.9. The highest BCUT2D eigenvalue weighted by Gasteiger charge is 2.32. The second-order valence-electron chi connectivity index (χ2n) is 7.04. The first-order chi connectivity index (χ1) is 14.3. The highest BCUT2D eigenvalue weighted by atomic mass is 19.4. The lowest BCUT2D eigenvalue weighted by Gasteiger charge is -2.26. The fraction of sp³-hybridized carbons (Fsp3) is 0.400. The lowest BCUT2D eigenvalue weighted by molar-refractivity contribution is -0.137. The fourth-order valence-electron chi connectivity index (χ4n) is 3.23. The molecule has 1 aromatic heterocycles. The van der Waals surface area contributed by atoms with Gasteiger partial charge in [-0.05, 0) is 44.1 Å². The van der Waals surface area contributed by atoms with Crippen LogP contribution in [-0.2, 0) is 6.18 Å². The average molecular weight is 421 g/mol. The topological polar surface area (TPSA) is 87.2 Å². The Hall–Kier alpha value is -3.01. The molecule has 2 N–H and O–H groups in total. The minimum Gasteiger partial charge on any atom is -0.351 e. The van der Waals surface area contributed by atoms with Crippen LogP contribution in [0.25, 0.3) is 0 Å². The molecule has 2 amide bonds. The van der Waals surface area contributed by atoms with Gasteiger partial charge < -0.3 is 15.5 Å². The van der Waals surface area contributed by atoms with E-state index < -0.39 is 23.6 Å². The summed E-state index contributed by atoms with van der Waals surface area (Å²) in [6, 6.07) is 2.77. The Bertz CT molecular complexity index is 884. The number of rotatable bonds is 6. The zero-order valence-electron chi connectivity index (χ0n) is 16.2. The van der Waals surface area contributed by atoms with Crippen molar-refractivity contribution < 1.29 is 22.8 Å². The van der Waals surface area contributed by atoms with E-state index >= 15 is 0 Å². The van der Waals surface area contributed by atoms with E-state index in [1.54, 1.807) is 0 Å². The van der Waals surface area contributed by atoms with Crippen LogP contribution in [0, 0.1) is 0 Å². The van der Waals surface area contributed by atoms with E-state index in [2.05, 4.69) is 25.5 Å². The minimum atomic E-state index is -4.67. The number of aromatic nitrogens is 2. The molecule has 1 fully saturated rings. The van der Waals surface area contributed by atoms with Crippen molar-refractivity contribution in [3.63, 3.8) is 0 Å². The third-order valence-corrected chi connectivity index (χ3v) is 4.77. The van der Waals surface area contributed by atoms with Crippen molar-refractivity contribution in [2.75, 3.05) is 31.5 Å². The summed E-state index contributed by atoms with van der Waals surface area (Å²) in [6.45, 7) is 2.89. The molecule has 0 bridgehead atoms. The van der Waals surface area contributed by atoms with Crippen LogP contribution in [0.15, 0.2) is 36.9 Å². The van der Waals surface area contributed by atoms with Gasteiger partial charge in [0.15, 0.2) is 0 Å². The van der Waals surface area contributed by atoms with Crippen molar-refractivity contribution in [1.29, 1.82) is 0 Å². The normalized spacial score (nSPS) is 14.9. The molecule has 2 heterocycles. The van der Waals surface area contributed by atoms with Gasteiger partial charge in [-0.15, -0.1) is 0 Å². The third-order valence-electron chi connectivity index (χ3n) is 4.77. The maximum absolute atomic E-state index is 13.3. The number of carbonyl (C=O) groups excluding carboxylic acids is 2. The first kappa shape index (κ1) is 21.7. The molecule has 0 radical (unpaired) electrons. The quantitative estimate of drug-likeness (QED) is 0.749. The van der Waals surface area contributed by atoms with Crippen LogP contribution < -0.4 is 10.6 Å². The molecular formula is C20H22F3N5O2. The predicted molar refractivity (Wildman–Crippen MR) is 104 cm³/mol. The molecule has 1 saturated heterocycles. The lowest BCUT2D eigenvalue weighted by atomic mass is 10.1. The van der Waals surface area contributed by atoms with Crippen LogP contribution in [-0.4, -0.2) is 52.9 Å². The Morgan fingerprint density at radius 3 is 2.33 bits per heavy atom. The second kappa shape index (κ2) is 9.66. The van der Waals surface area contributed by atoms with Gasteiger partial charge in [0.1, 0.15) is 6.33 Å². The molecule has 30 heavy (non-hydrogen) atoms. The van der Waals surface area contributed by atoms with Crippen molar-refractivity contribution in [1.82, 2.24) is 20.2 Å². The third kappa shape index (κ3) is 5.99. The summed E-state index contributed by atoms with van der Waals surface area (Å²) in [5, 5.41) is 5.02. The van der Waals surface area contributed by atoms with Crippen LogP contribution in [0.3, 0.4) is 0 Å². The van der Waals surface area contributed by atoms with Crippen LogP contribution in [0.2, 0.25) is 0 Å². The SMILES string of the molecule is O=C(NCCN1CCCCC1)c1cc(NC(=O)c2cncnc2)cc(C(F)(F)F)c1. The summed E-state index contributed by atoms with van der Waals surface area (Å²) in [5.74, 6) is -1.30. The first-order valence-corrected chi connectivity index (χ1v) is 9.62. The molecule has 10 heteroatoms. The maximum Gasteiger partial charge on any atom is 0.416 e.